The fraction of sp³-hybridized carbons (Fsp3) is 0.258. The third-order valence-electron chi connectivity index (χ3n) is 6.71. The van der Waals surface area contributed by atoms with Crippen molar-refractivity contribution in [1.29, 1.82) is 0 Å². The number of aliphatic carboxylic acids is 1. The molecule has 3 aromatic carbocycles. The Kier molecular flexibility index (Phi) is 8.45. The highest BCUT2D eigenvalue weighted by Crippen LogP contribution is 2.33. The SMILES string of the molecule is CCc1c(C(=O)c2ccc(C)cc2C)oc2cc(-c3cccc(CN(C(=O)CCC(=O)O)S(C)=O)c3)ccc12. The van der Waals surface area contributed by atoms with Gasteiger partial charge in [0.1, 0.15) is 16.6 Å². The number of hydrogen-bond donors (Lipinski definition) is 1. The van der Waals surface area contributed by atoms with Crippen LogP contribution in [-0.2, 0) is 33.5 Å². The number of nitrogens with zero attached hydrogens (tertiary/aromatic N) is 1. The van der Waals surface area contributed by atoms with E-state index in [4.69, 9.17) is 9.52 Å². The van der Waals surface area contributed by atoms with Gasteiger partial charge in [0.25, 0.3) is 0 Å². The Balaban J connectivity index is 1.65. The normalized spacial score (nSPS) is 11.9. The van der Waals surface area contributed by atoms with Crippen molar-refractivity contribution in [2.45, 2.75) is 46.6 Å². The Morgan fingerprint density at radius 3 is 2.36 bits per heavy atom. The molecule has 1 unspecified atom stereocenters. The van der Waals surface area contributed by atoms with Gasteiger partial charge < -0.3 is 9.52 Å². The summed E-state index contributed by atoms with van der Waals surface area (Å²) in [4.78, 5) is 36.8. The number of ketones is 1. The molecule has 0 saturated carbocycles. The summed E-state index contributed by atoms with van der Waals surface area (Å²) in [5, 5.41) is 9.77. The third-order valence-corrected chi connectivity index (χ3v) is 7.66. The van der Waals surface area contributed by atoms with Gasteiger partial charge in [-0.3, -0.25) is 18.7 Å². The Bertz CT molecular complexity index is 1600. The largest absolute Gasteiger partial charge is 0.481 e. The van der Waals surface area contributed by atoms with E-state index in [1.807, 2.05) is 81.4 Å². The fourth-order valence-corrected chi connectivity index (χ4v) is 5.44. The molecule has 4 aromatic rings. The smallest absolute Gasteiger partial charge is 0.303 e. The van der Waals surface area contributed by atoms with Crippen LogP contribution in [0.1, 0.15) is 58.1 Å². The molecular weight excluding hydrogens is 514 g/mol. The summed E-state index contributed by atoms with van der Waals surface area (Å²) in [5.74, 6) is -1.34. The topological polar surface area (TPSA) is 105 Å². The second-order valence-electron chi connectivity index (χ2n) is 9.57. The number of carbonyl (C=O) groups excluding carboxylic acids is 2. The zero-order chi connectivity index (χ0) is 28.3. The molecule has 0 spiro atoms. The highest BCUT2D eigenvalue weighted by atomic mass is 32.2. The minimum absolute atomic E-state index is 0.0902. The Labute approximate surface area is 230 Å². The van der Waals surface area contributed by atoms with E-state index in [0.717, 1.165) is 38.8 Å². The summed E-state index contributed by atoms with van der Waals surface area (Å²) < 4.78 is 19.6. The number of fused-ring (bicyclic) bond motifs is 1. The number of carbonyl (C=O) groups is 3. The Morgan fingerprint density at radius 2 is 1.69 bits per heavy atom. The van der Waals surface area contributed by atoms with E-state index in [-0.39, 0.29) is 25.2 Å². The second kappa shape index (κ2) is 11.8. The molecule has 8 heteroatoms. The van der Waals surface area contributed by atoms with Crippen molar-refractivity contribution in [2.24, 2.45) is 0 Å². The lowest BCUT2D eigenvalue weighted by Crippen LogP contribution is -2.32. The number of furan rings is 1. The first-order valence-corrected chi connectivity index (χ1v) is 14.2. The van der Waals surface area contributed by atoms with Crippen molar-refractivity contribution < 1.29 is 28.1 Å². The molecule has 1 atom stereocenters. The molecule has 39 heavy (non-hydrogen) atoms. The molecular formula is C31H31NO6S. The molecule has 0 aliphatic carbocycles. The maximum absolute atomic E-state index is 13.4. The number of rotatable bonds is 10. The van der Waals surface area contributed by atoms with Crippen LogP contribution >= 0.6 is 0 Å². The first kappa shape index (κ1) is 28.0. The maximum atomic E-state index is 13.4. The predicted octanol–water partition coefficient (Wildman–Crippen LogP) is 6.00. The minimum Gasteiger partial charge on any atom is -0.481 e. The first-order chi connectivity index (χ1) is 18.6. The number of aryl methyl sites for hydroxylation is 3. The molecule has 0 saturated heterocycles. The van der Waals surface area contributed by atoms with E-state index in [1.54, 1.807) is 0 Å². The monoisotopic (exact) mass is 545 g/mol. The van der Waals surface area contributed by atoms with Crippen LogP contribution in [0, 0.1) is 13.8 Å². The zero-order valence-electron chi connectivity index (χ0n) is 22.4. The highest BCUT2D eigenvalue weighted by Gasteiger charge is 2.23. The van der Waals surface area contributed by atoms with Gasteiger partial charge in [-0.15, -0.1) is 0 Å². The Morgan fingerprint density at radius 1 is 0.949 bits per heavy atom. The summed E-state index contributed by atoms with van der Waals surface area (Å²) in [6, 6.07) is 19.1. The van der Waals surface area contributed by atoms with Gasteiger partial charge >= 0.3 is 5.97 Å². The quantitative estimate of drug-likeness (QED) is 0.245. The van der Waals surface area contributed by atoms with Crippen LogP contribution in [-0.4, -0.2) is 37.5 Å². The Hall–Kier alpha value is -4.04. The second-order valence-corrected chi connectivity index (χ2v) is 10.9. The number of carboxylic acids is 1. The van der Waals surface area contributed by atoms with Crippen LogP contribution < -0.4 is 0 Å². The molecule has 0 aliphatic heterocycles. The number of hydrogen-bond acceptors (Lipinski definition) is 5. The number of carboxylic acid groups (broad SMARTS) is 1. The molecule has 0 aliphatic rings. The molecule has 202 valence electrons. The zero-order valence-corrected chi connectivity index (χ0v) is 23.3. The molecule has 0 bridgehead atoms. The molecule has 1 heterocycles. The lowest BCUT2D eigenvalue weighted by molar-refractivity contribution is -0.139. The van der Waals surface area contributed by atoms with Gasteiger partial charge in [0, 0.05) is 29.2 Å². The summed E-state index contributed by atoms with van der Waals surface area (Å²) in [5.41, 5.74) is 6.60. The van der Waals surface area contributed by atoms with Crippen LogP contribution in [0.5, 0.6) is 0 Å². The van der Waals surface area contributed by atoms with E-state index < -0.39 is 22.9 Å². The van der Waals surface area contributed by atoms with Crippen molar-refractivity contribution in [3.63, 3.8) is 0 Å². The van der Waals surface area contributed by atoms with Gasteiger partial charge in [0.05, 0.1) is 13.0 Å². The van der Waals surface area contributed by atoms with Crippen molar-refractivity contribution in [3.05, 3.63) is 94.2 Å². The third kappa shape index (κ3) is 6.17. The predicted molar refractivity (Wildman–Crippen MR) is 152 cm³/mol. The van der Waals surface area contributed by atoms with Crippen molar-refractivity contribution >= 4 is 39.6 Å². The lowest BCUT2D eigenvalue weighted by Gasteiger charge is -2.19. The van der Waals surface area contributed by atoms with Crippen LogP contribution in [0.3, 0.4) is 0 Å². The van der Waals surface area contributed by atoms with E-state index in [1.165, 1.54) is 10.6 Å². The van der Waals surface area contributed by atoms with E-state index in [9.17, 15) is 18.6 Å². The van der Waals surface area contributed by atoms with Crippen LogP contribution in [0.2, 0.25) is 0 Å². The van der Waals surface area contributed by atoms with Crippen LogP contribution in [0.25, 0.3) is 22.1 Å². The van der Waals surface area contributed by atoms with Gasteiger partial charge in [-0.05, 0) is 54.7 Å². The molecule has 0 radical (unpaired) electrons. The molecule has 1 N–H and O–H groups in total. The maximum Gasteiger partial charge on any atom is 0.303 e. The average molecular weight is 546 g/mol. The lowest BCUT2D eigenvalue weighted by atomic mass is 9.97. The van der Waals surface area contributed by atoms with Gasteiger partial charge in [-0.2, -0.15) is 0 Å². The fourth-order valence-electron chi connectivity index (χ4n) is 4.73. The molecule has 1 aromatic heterocycles. The molecule has 7 nitrogen and oxygen atoms in total. The summed E-state index contributed by atoms with van der Waals surface area (Å²) in [6.07, 6.45) is 1.51. The van der Waals surface area contributed by atoms with Crippen molar-refractivity contribution in [2.75, 3.05) is 6.26 Å². The van der Waals surface area contributed by atoms with Gasteiger partial charge in [-0.25, -0.2) is 4.21 Å². The number of benzene rings is 3. The van der Waals surface area contributed by atoms with Gasteiger partial charge in [0.15, 0.2) is 5.76 Å². The average Bonchev–Trinajstić information content (AvgIpc) is 3.28. The number of amides is 1. The van der Waals surface area contributed by atoms with E-state index in [2.05, 4.69) is 0 Å². The minimum atomic E-state index is -1.60. The van der Waals surface area contributed by atoms with Gasteiger partial charge in [-0.1, -0.05) is 61.0 Å². The molecule has 4 rings (SSSR count). The summed E-state index contributed by atoms with van der Waals surface area (Å²) >= 11 is 0. The highest BCUT2D eigenvalue weighted by molar-refractivity contribution is 7.82. The van der Waals surface area contributed by atoms with Gasteiger partial charge in [0.2, 0.25) is 11.7 Å². The van der Waals surface area contributed by atoms with E-state index >= 15 is 0 Å². The van der Waals surface area contributed by atoms with Crippen molar-refractivity contribution in [3.8, 4) is 11.1 Å². The summed E-state index contributed by atoms with van der Waals surface area (Å²) in [7, 11) is -1.60. The van der Waals surface area contributed by atoms with Crippen LogP contribution in [0.4, 0.5) is 0 Å². The molecule has 1 amide bonds. The first-order valence-electron chi connectivity index (χ1n) is 12.7. The van der Waals surface area contributed by atoms with E-state index in [0.29, 0.717) is 23.3 Å². The molecule has 0 fully saturated rings. The standard InChI is InChI=1S/C31H31NO6S/c1-5-24-26-12-10-23(17-27(26)38-31(24)30(36)25-11-9-19(2)15-20(25)3)22-8-6-7-21(16-22)18-32(39(4)37)28(33)13-14-29(34)35/h6-12,15-17H,5,13-14,18H2,1-4H3,(H,34,35). The van der Waals surface area contributed by atoms with Crippen LogP contribution in [0.15, 0.2) is 65.1 Å². The van der Waals surface area contributed by atoms with Crippen molar-refractivity contribution in [1.82, 2.24) is 4.31 Å². The summed E-state index contributed by atoms with van der Waals surface area (Å²) in [6.45, 7) is 6.01.